The zero-order valence-electron chi connectivity index (χ0n) is 22.3. The Kier molecular flexibility index (Phi) is 10.1. The molecule has 5 rings (SSSR count). The Balaban J connectivity index is 0.00000387. The molecule has 3 aromatic carbocycles. The molecular formula is C31H31Cl2F3N4O. The SMILES string of the molecule is Cl.O=C(Cc1ccc(-c2ccc(-c3ccc(Cl)cc3)n2-c2ccccc2C(F)(F)F)cc1)NCCN1CCNCC1. The Morgan fingerprint density at radius 1 is 0.854 bits per heavy atom. The molecule has 0 saturated carbocycles. The summed E-state index contributed by atoms with van der Waals surface area (Å²) in [6, 6.07) is 23.6. The standard InChI is InChI=1S/C31H30ClF3N4O.ClH/c32-25-11-9-24(10-12-25)28-14-13-27(39(28)29-4-2-1-3-26(29)31(33,34)35)23-7-5-22(6-8-23)21-30(40)37-17-20-38-18-15-36-16-19-38;/h1-14,36H,15-21H2,(H,37,40);1H. The zero-order chi connectivity index (χ0) is 28.1. The van der Waals surface area contributed by atoms with Gasteiger partial charge in [-0.1, -0.05) is 60.1 Å². The van der Waals surface area contributed by atoms with Crippen molar-refractivity contribution in [2.45, 2.75) is 12.6 Å². The first-order valence-corrected chi connectivity index (χ1v) is 13.6. The minimum Gasteiger partial charge on any atom is -0.355 e. The van der Waals surface area contributed by atoms with Crippen LogP contribution in [-0.2, 0) is 17.4 Å². The summed E-state index contributed by atoms with van der Waals surface area (Å²) in [6.45, 7) is 5.30. The van der Waals surface area contributed by atoms with Gasteiger partial charge in [0.15, 0.2) is 0 Å². The van der Waals surface area contributed by atoms with Crippen LogP contribution in [-0.4, -0.2) is 54.6 Å². The Bertz CT molecular complexity index is 1450. The Morgan fingerprint density at radius 2 is 1.44 bits per heavy atom. The highest BCUT2D eigenvalue weighted by atomic mass is 35.5. The number of carbonyl (C=O) groups excluding carboxylic acids is 1. The maximum atomic E-state index is 14.1. The van der Waals surface area contributed by atoms with Crippen molar-refractivity contribution in [3.05, 3.63) is 101 Å². The average molecular weight is 604 g/mol. The van der Waals surface area contributed by atoms with Gasteiger partial charge in [-0.05, 0) is 53.1 Å². The van der Waals surface area contributed by atoms with E-state index in [0.29, 0.717) is 23.0 Å². The molecule has 216 valence electrons. The average Bonchev–Trinajstić information content (AvgIpc) is 3.39. The molecule has 0 bridgehead atoms. The van der Waals surface area contributed by atoms with Crippen LogP contribution in [0.15, 0.2) is 84.9 Å². The molecule has 1 saturated heterocycles. The number of carbonyl (C=O) groups is 1. The molecule has 1 fully saturated rings. The maximum Gasteiger partial charge on any atom is 0.418 e. The van der Waals surface area contributed by atoms with Crippen LogP contribution in [0.3, 0.4) is 0 Å². The summed E-state index contributed by atoms with van der Waals surface area (Å²) in [5.74, 6) is -0.0598. The lowest BCUT2D eigenvalue weighted by molar-refractivity contribution is -0.137. The molecule has 41 heavy (non-hydrogen) atoms. The summed E-state index contributed by atoms with van der Waals surface area (Å²) in [5.41, 5.74) is 2.83. The van der Waals surface area contributed by atoms with Gasteiger partial charge in [-0.2, -0.15) is 13.2 Å². The van der Waals surface area contributed by atoms with Crippen molar-refractivity contribution in [3.8, 4) is 28.2 Å². The van der Waals surface area contributed by atoms with Crippen LogP contribution < -0.4 is 10.6 Å². The van der Waals surface area contributed by atoms with Gasteiger partial charge < -0.3 is 15.2 Å². The van der Waals surface area contributed by atoms with E-state index in [1.165, 1.54) is 12.1 Å². The van der Waals surface area contributed by atoms with Crippen molar-refractivity contribution in [1.29, 1.82) is 0 Å². The third-order valence-corrected chi connectivity index (χ3v) is 7.30. The minimum absolute atomic E-state index is 0. The number of alkyl halides is 3. The number of benzene rings is 3. The van der Waals surface area contributed by atoms with Gasteiger partial charge in [0.2, 0.25) is 5.91 Å². The number of piperazine rings is 1. The second-order valence-corrected chi connectivity index (χ2v) is 10.2. The first-order chi connectivity index (χ1) is 19.3. The van der Waals surface area contributed by atoms with Gasteiger partial charge in [0.05, 0.1) is 29.1 Å². The monoisotopic (exact) mass is 602 g/mol. The molecule has 10 heteroatoms. The largest absolute Gasteiger partial charge is 0.418 e. The molecule has 1 aromatic heterocycles. The highest BCUT2D eigenvalue weighted by Gasteiger charge is 2.34. The van der Waals surface area contributed by atoms with E-state index in [4.69, 9.17) is 11.6 Å². The molecule has 1 aliphatic rings. The van der Waals surface area contributed by atoms with Crippen molar-refractivity contribution in [2.75, 3.05) is 39.3 Å². The van der Waals surface area contributed by atoms with Crippen molar-refractivity contribution >= 4 is 29.9 Å². The Morgan fingerprint density at radius 3 is 2.05 bits per heavy atom. The first kappa shape index (κ1) is 30.7. The van der Waals surface area contributed by atoms with E-state index in [0.717, 1.165) is 55.5 Å². The number of hydrogen-bond acceptors (Lipinski definition) is 3. The van der Waals surface area contributed by atoms with E-state index < -0.39 is 11.7 Å². The number of aromatic nitrogens is 1. The summed E-state index contributed by atoms with van der Waals surface area (Å²) in [7, 11) is 0. The number of nitrogens with one attached hydrogen (secondary N) is 2. The van der Waals surface area contributed by atoms with Crippen LogP contribution in [0.5, 0.6) is 0 Å². The molecular weight excluding hydrogens is 572 g/mol. The molecule has 2 heterocycles. The quantitative estimate of drug-likeness (QED) is 0.243. The number of amides is 1. The van der Waals surface area contributed by atoms with Gasteiger partial charge in [0.1, 0.15) is 0 Å². The summed E-state index contributed by atoms with van der Waals surface area (Å²) in [4.78, 5) is 14.8. The summed E-state index contributed by atoms with van der Waals surface area (Å²) < 4.78 is 43.8. The summed E-state index contributed by atoms with van der Waals surface area (Å²) in [5, 5.41) is 6.83. The van der Waals surface area contributed by atoms with Gasteiger partial charge >= 0.3 is 6.18 Å². The van der Waals surface area contributed by atoms with Gasteiger partial charge in [0.25, 0.3) is 0 Å². The molecule has 0 spiro atoms. The van der Waals surface area contributed by atoms with Gasteiger partial charge in [-0.15, -0.1) is 12.4 Å². The number of hydrogen-bond donors (Lipinski definition) is 2. The molecule has 1 aliphatic heterocycles. The second-order valence-electron chi connectivity index (χ2n) is 9.78. The molecule has 4 aromatic rings. The summed E-state index contributed by atoms with van der Waals surface area (Å²) in [6.07, 6.45) is -4.30. The highest BCUT2D eigenvalue weighted by molar-refractivity contribution is 6.30. The lowest BCUT2D eigenvalue weighted by Gasteiger charge is -2.27. The van der Waals surface area contributed by atoms with Gasteiger partial charge in [-0.3, -0.25) is 9.69 Å². The van der Waals surface area contributed by atoms with Crippen LogP contribution in [0.4, 0.5) is 13.2 Å². The maximum absolute atomic E-state index is 14.1. The van der Waals surface area contributed by atoms with Crippen LogP contribution in [0.2, 0.25) is 5.02 Å². The van der Waals surface area contributed by atoms with Crippen molar-refractivity contribution in [2.24, 2.45) is 0 Å². The van der Waals surface area contributed by atoms with E-state index in [-0.39, 0.29) is 30.4 Å². The highest BCUT2D eigenvalue weighted by Crippen LogP contribution is 2.39. The number of halogens is 5. The first-order valence-electron chi connectivity index (χ1n) is 13.2. The molecule has 1 amide bonds. The third kappa shape index (κ3) is 7.51. The fourth-order valence-corrected chi connectivity index (χ4v) is 5.13. The second kappa shape index (κ2) is 13.6. The minimum atomic E-state index is -4.53. The fraction of sp³-hybridized carbons (Fsp3) is 0.258. The van der Waals surface area contributed by atoms with E-state index >= 15 is 0 Å². The van der Waals surface area contributed by atoms with E-state index in [1.807, 2.05) is 36.4 Å². The lowest BCUT2D eigenvalue weighted by Crippen LogP contribution is -2.46. The molecule has 5 nitrogen and oxygen atoms in total. The van der Waals surface area contributed by atoms with E-state index in [1.54, 1.807) is 34.9 Å². The third-order valence-electron chi connectivity index (χ3n) is 7.05. The molecule has 0 radical (unpaired) electrons. The van der Waals surface area contributed by atoms with Crippen LogP contribution in [0.1, 0.15) is 11.1 Å². The predicted octanol–water partition coefficient (Wildman–Crippen LogP) is 6.47. The van der Waals surface area contributed by atoms with Crippen LogP contribution in [0, 0.1) is 0 Å². The van der Waals surface area contributed by atoms with Crippen LogP contribution in [0.25, 0.3) is 28.2 Å². The number of rotatable bonds is 8. The predicted molar refractivity (Wildman–Crippen MR) is 160 cm³/mol. The smallest absolute Gasteiger partial charge is 0.355 e. The topological polar surface area (TPSA) is 49.3 Å². The number of nitrogens with zero attached hydrogens (tertiary/aromatic N) is 2. The van der Waals surface area contributed by atoms with Gasteiger partial charge in [0, 0.05) is 44.3 Å². The van der Waals surface area contributed by atoms with Crippen LogP contribution >= 0.6 is 24.0 Å². The van der Waals surface area contributed by atoms with E-state index in [2.05, 4.69) is 15.5 Å². The van der Waals surface area contributed by atoms with Crippen molar-refractivity contribution < 1.29 is 18.0 Å². The van der Waals surface area contributed by atoms with Crippen molar-refractivity contribution in [3.63, 3.8) is 0 Å². The normalized spacial score (nSPS) is 14.0. The summed E-state index contributed by atoms with van der Waals surface area (Å²) >= 11 is 6.07. The van der Waals surface area contributed by atoms with Crippen molar-refractivity contribution in [1.82, 2.24) is 20.1 Å². The van der Waals surface area contributed by atoms with E-state index in [9.17, 15) is 18.0 Å². The Labute approximate surface area is 248 Å². The molecule has 2 N–H and O–H groups in total. The molecule has 0 unspecified atom stereocenters. The number of para-hydroxylation sites is 1. The fourth-order valence-electron chi connectivity index (χ4n) is 5.01. The lowest BCUT2D eigenvalue weighted by atomic mass is 10.1. The zero-order valence-corrected chi connectivity index (χ0v) is 23.8. The molecule has 0 aliphatic carbocycles. The Hall–Kier alpha value is -3.30. The molecule has 0 atom stereocenters. The van der Waals surface area contributed by atoms with Gasteiger partial charge in [-0.25, -0.2) is 0 Å².